The zero-order valence-electron chi connectivity index (χ0n) is 14.4. The molecule has 0 saturated carbocycles. The number of ether oxygens (including phenoxy) is 3. The van der Waals surface area contributed by atoms with Gasteiger partial charge in [-0.1, -0.05) is 11.6 Å². The molecule has 26 heavy (non-hydrogen) atoms. The molecule has 136 valence electrons. The van der Waals surface area contributed by atoms with Crippen LogP contribution in [0, 0.1) is 0 Å². The predicted octanol–water partition coefficient (Wildman–Crippen LogP) is 3.54. The molecule has 2 N–H and O–H groups in total. The fraction of sp³-hybridized carbons (Fsp3) is 0.316. The van der Waals surface area contributed by atoms with Gasteiger partial charge < -0.3 is 24.8 Å². The van der Waals surface area contributed by atoms with Gasteiger partial charge in [-0.3, -0.25) is 0 Å². The molecule has 0 fully saturated rings. The monoisotopic (exact) mass is 374 g/mol. The van der Waals surface area contributed by atoms with E-state index in [1.165, 1.54) is 0 Å². The minimum absolute atomic E-state index is 0.311. The van der Waals surface area contributed by atoms with Crippen molar-refractivity contribution >= 4 is 23.3 Å². The summed E-state index contributed by atoms with van der Waals surface area (Å²) in [5, 5.41) is 6.11. The lowest BCUT2D eigenvalue weighted by atomic mass is 9.99. The molecular weight excluding hydrogens is 356 g/mol. The fourth-order valence-corrected chi connectivity index (χ4v) is 3.62. The van der Waals surface area contributed by atoms with Crippen LogP contribution >= 0.6 is 11.6 Å². The summed E-state index contributed by atoms with van der Waals surface area (Å²) in [5.74, 6) is 2.36. The van der Waals surface area contributed by atoms with Crippen LogP contribution in [-0.4, -0.2) is 26.4 Å². The number of benzene rings is 2. The zero-order valence-corrected chi connectivity index (χ0v) is 15.1. The second-order valence-corrected chi connectivity index (χ2v) is 6.58. The predicted molar refractivity (Wildman–Crippen MR) is 98.7 cm³/mol. The highest BCUT2D eigenvalue weighted by atomic mass is 35.5. The third kappa shape index (κ3) is 3.12. The van der Waals surface area contributed by atoms with Crippen molar-refractivity contribution in [2.24, 2.45) is 0 Å². The molecule has 2 aliphatic rings. The Hall–Kier alpha value is -2.60. The summed E-state index contributed by atoms with van der Waals surface area (Å²) >= 11 is 6.09. The minimum atomic E-state index is -0.311. The summed E-state index contributed by atoms with van der Waals surface area (Å²) < 4.78 is 16.6. The molecule has 2 amide bonds. The van der Waals surface area contributed by atoms with E-state index < -0.39 is 0 Å². The molecule has 2 aliphatic heterocycles. The quantitative estimate of drug-likeness (QED) is 0.858. The molecule has 0 atom stereocenters. The molecule has 2 aromatic rings. The average Bonchev–Trinajstić information content (AvgIpc) is 3.27. The highest BCUT2D eigenvalue weighted by molar-refractivity contribution is 6.32. The van der Waals surface area contributed by atoms with Crippen LogP contribution in [0.4, 0.5) is 10.5 Å². The number of hydrogen-bond acceptors (Lipinski definition) is 4. The van der Waals surface area contributed by atoms with E-state index in [-0.39, 0.29) is 6.03 Å². The molecular formula is C19H19ClN2O4. The molecule has 0 radical (unpaired) electrons. The Balaban J connectivity index is 1.46. The molecule has 0 spiro atoms. The number of carbonyl (C=O) groups excluding carboxylic acids is 1. The maximum atomic E-state index is 12.3. The summed E-state index contributed by atoms with van der Waals surface area (Å²) in [4.78, 5) is 12.3. The first kappa shape index (κ1) is 16.8. The van der Waals surface area contributed by atoms with Crippen LogP contribution in [0.2, 0.25) is 5.02 Å². The third-order valence-corrected chi connectivity index (χ3v) is 4.89. The van der Waals surface area contributed by atoms with Crippen molar-refractivity contribution in [3.8, 4) is 17.2 Å². The summed E-state index contributed by atoms with van der Waals surface area (Å²) in [5.41, 5.74) is 3.87. The number of nitrogens with one attached hydrogen (secondary N) is 2. The van der Waals surface area contributed by atoms with Gasteiger partial charge in [0.25, 0.3) is 0 Å². The van der Waals surface area contributed by atoms with Crippen molar-refractivity contribution in [3.05, 3.63) is 46.0 Å². The number of hydrogen-bond donors (Lipinski definition) is 2. The molecule has 2 heterocycles. The minimum Gasteiger partial charge on any atom is -0.495 e. The molecule has 0 aromatic heterocycles. The van der Waals surface area contributed by atoms with Gasteiger partial charge in [0, 0.05) is 41.8 Å². The number of methoxy groups -OCH3 is 1. The largest absolute Gasteiger partial charge is 0.495 e. The van der Waals surface area contributed by atoms with E-state index in [0.717, 1.165) is 41.0 Å². The summed E-state index contributed by atoms with van der Waals surface area (Å²) in [7, 11) is 1.55. The molecule has 0 bridgehead atoms. The Morgan fingerprint density at radius 2 is 2.08 bits per heavy atom. The molecule has 0 aliphatic carbocycles. The van der Waals surface area contributed by atoms with Gasteiger partial charge in [0.05, 0.1) is 25.3 Å². The molecule has 2 aromatic carbocycles. The van der Waals surface area contributed by atoms with Crippen molar-refractivity contribution in [1.82, 2.24) is 5.32 Å². The van der Waals surface area contributed by atoms with E-state index in [0.29, 0.717) is 36.2 Å². The van der Waals surface area contributed by atoms with Crippen LogP contribution in [0.25, 0.3) is 0 Å². The first-order valence-electron chi connectivity index (χ1n) is 8.47. The molecule has 0 unspecified atom stereocenters. The zero-order chi connectivity index (χ0) is 18.1. The van der Waals surface area contributed by atoms with Gasteiger partial charge in [0.1, 0.15) is 17.2 Å². The number of rotatable bonds is 4. The summed E-state index contributed by atoms with van der Waals surface area (Å²) in [6.07, 6.45) is 1.70. The van der Waals surface area contributed by atoms with Gasteiger partial charge in [0.15, 0.2) is 0 Å². The Morgan fingerprint density at radius 1 is 1.23 bits per heavy atom. The van der Waals surface area contributed by atoms with E-state index in [1.807, 2.05) is 0 Å². The lowest BCUT2D eigenvalue weighted by Gasteiger charge is -2.14. The standard InChI is InChI=1S/C19H19ClN2O4/c1-24-16-3-2-12(9-15(16)20)22-19(23)21-10-14-13-5-7-25-17(13)8-11-4-6-26-18(11)14/h2-3,8-9H,4-7,10H2,1H3,(H2,21,22,23). The van der Waals surface area contributed by atoms with Crippen molar-refractivity contribution in [3.63, 3.8) is 0 Å². The van der Waals surface area contributed by atoms with Crippen molar-refractivity contribution in [1.29, 1.82) is 0 Å². The molecule has 4 rings (SSSR count). The lowest BCUT2D eigenvalue weighted by molar-refractivity contribution is 0.251. The van der Waals surface area contributed by atoms with E-state index in [4.69, 9.17) is 25.8 Å². The van der Waals surface area contributed by atoms with Gasteiger partial charge in [-0.05, 0) is 24.3 Å². The van der Waals surface area contributed by atoms with Crippen LogP contribution < -0.4 is 24.8 Å². The summed E-state index contributed by atoms with van der Waals surface area (Å²) in [6, 6.07) is 6.84. The number of urea groups is 1. The average molecular weight is 375 g/mol. The van der Waals surface area contributed by atoms with Gasteiger partial charge in [-0.25, -0.2) is 4.79 Å². The smallest absolute Gasteiger partial charge is 0.319 e. The second kappa shape index (κ2) is 6.96. The highest BCUT2D eigenvalue weighted by Crippen LogP contribution is 2.40. The molecule has 7 heteroatoms. The fourth-order valence-electron chi connectivity index (χ4n) is 3.36. The first-order chi connectivity index (χ1) is 12.7. The number of anilines is 1. The first-order valence-corrected chi connectivity index (χ1v) is 8.85. The third-order valence-electron chi connectivity index (χ3n) is 4.60. The Morgan fingerprint density at radius 3 is 2.88 bits per heavy atom. The number of halogens is 1. The van der Waals surface area contributed by atoms with Crippen LogP contribution in [-0.2, 0) is 19.4 Å². The van der Waals surface area contributed by atoms with Crippen LogP contribution in [0.3, 0.4) is 0 Å². The maximum absolute atomic E-state index is 12.3. The van der Waals surface area contributed by atoms with Gasteiger partial charge in [0.2, 0.25) is 0 Å². The Bertz CT molecular complexity index is 837. The Labute approximate surface area is 156 Å². The SMILES string of the molecule is COc1ccc(NC(=O)NCc2c3c(cc4c2OCC4)OCC3)cc1Cl. The topological polar surface area (TPSA) is 68.8 Å². The van der Waals surface area contributed by atoms with E-state index in [2.05, 4.69) is 16.7 Å². The Kier molecular flexibility index (Phi) is 4.51. The lowest BCUT2D eigenvalue weighted by Crippen LogP contribution is -2.28. The molecule has 6 nitrogen and oxygen atoms in total. The second-order valence-electron chi connectivity index (χ2n) is 6.17. The van der Waals surface area contributed by atoms with Gasteiger partial charge in [-0.2, -0.15) is 0 Å². The van der Waals surface area contributed by atoms with E-state index in [9.17, 15) is 4.79 Å². The summed E-state index contributed by atoms with van der Waals surface area (Å²) in [6.45, 7) is 1.72. The number of fused-ring (bicyclic) bond motifs is 2. The van der Waals surface area contributed by atoms with E-state index >= 15 is 0 Å². The normalized spacial score (nSPS) is 14.1. The maximum Gasteiger partial charge on any atom is 0.319 e. The van der Waals surface area contributed by atoms with E-state index in [1.54, 1.807) is 25.3 Å². The number of amides is 2. The van der Waals surface area contributed by atoms with Crippen LogP contribution in [0.15, 0.2) is 24.3 Å². The van der Waals surface area contributed by atoms with Crippen LogP contribution in [0.1, 0.15) is 16.7 Å². The number of carbonyl (C=O) groups is 1. The van der Waals surface area contributed by atoms with Crippen molar-refractivity contribution in [2.75, 3.05) is 25.6 Å². The molecule has 0 saturated heterocycles. The van der Waals surface area contributed by atoms with Crippen LogP contribution in [0.5, 0.6) is 17.2 Å². The van der Waals surface area contributed by atoms with Gasteiger partial charge in [-0.15, -0.1) is 0 Å². The highest BCUT2D eigenvalue weighted by Gasteiger charge is 2.26. The van der Waals surface area contributed by atoms with Crippen molar-refractivity contribution in [2.45, 2.75) is 19.4 Å². The van der Waals surface area contributed by atoms with Crippen molar-refractivity contribution < 1.29 is 19.0 Å². The van der Waals surface area contributed by atoms with Gasteiger partial charge >= 0.3 is 6.03 Å².